The number of nitrogens with zero attached hydrogens (tertiary/aromatic N) is 1. The van der Waals surface area contributed by atoms with Gasteiger partial charge in [0.1, 0.15) is 0 Å². The van der Waals surface area contributed by atoms with Gasteiger partial charge >= 0.3 is 0 Å². The second-order valence-electron chi connectivity index (χ2n) is 6.14. The summed E-state index contributed by atoms with van der Waals surface area (Å²) in [7, 11) is 0. The molecule has 1 aromatic carbocycles. The van der Waals surface area contributed by atoms with Gasteiger partial charge < -0.3 is 10.2 Å². The molecule has 0 atom stereocenters. The molecule has 1 saturated heterocycles. The lowest BCUT2D eigenvalue weighted by molar-refractivity contribution is 0.0862. The molecule has 3 rings (SSSR count). The van der Waals surface area contributed by atoms with Gasteiger partial charge in [0.25, 0.3) is 5.91 Å². The van der Waals surface area contributed by atoms with Crippen LogP contribution in [0.15, 0.2) is 24.3 Å². The zero-order valence-electron chi connectivity index (χ0n) is 11.8. The summed E-state index contributed by atoms with van der Waals surface area (Å²) in [6, 6.07) is 8.75. The van der Waals surface area contributed by atoms with Gasteiger partial charge in [-0.3, -0.25) is 4.79 Å². The van der Waals surface area contributed by atoms with Crippen molar-refractivity contribution in [2.75, 3.05) is 19.6 Å². The van der Waals surface area contributed by atoms with Crippen molar-refractivity contribution < 1.29 is 4.79 Å². The Morgan fingerprint density at radius 2 is 1.89 bits per heavy atom. The van der Waals surface area contributed by atoms with Gasteiger partial charge in [-0.2, -0.15) is 0 Å². The Morgan fingerprint density at radius 1 is 1.21 bits per heavy atom. The number of nitrogens with one attached hydrogen (secondary N) is 1. The zero-order chi connectivity index (χ0) is 13.5. The first-order valence-corrected chi connectivity index (χ1v) is 7.24. The highest BCUT2D eigenvalue weighted by Crippen LogP contribution is 2.39. The Morgan fingerprint density at radius 3 is 2.58 bits per heavy atom. The predicted octanol–water partition coefficient (Wildman–Crippen LogP) is 2.17. The molecular weight excluding hydrogens is 236 g/mol. The van der Waals surface area contributed by atoms with E-state index in [9.17, 15) is 4.79 Å². The minimum absolute atomic E-state index is 0.0903. The summed E-state index contributed by atoms with van der Waals surface area (Å²) in [4.78, 5) is 14.5. The van der Waals surface area contributed by atoms with Crippen LogP contribution in [-0.2, 0) is 5.41 Å². The van der Waals surface area contributed by atoms with Gasteiger partial charge in [-0.15, -0.1) is 0 Å². The standard InChI is InChI=1S/C16H22N2O/c1-12(2)18-9-7-16(8-10-18)11-17-15(19)13-5-3-4-6-14(13)16/h3-6,12H,7-11H2,1-2H3,(H,17,19). The lowest BCUT2D eigenvalue weighted by Gasteiger charge is -2.46. The molecule has 2 aliphatic heterocycles. The van der Waals surface area contributed by atoms with Crippen LogP contribution in [0.1, 0.15) is 42.6 Å². The maximum absolute atomic E-state index is 12.0. The zero-order valence-corrected chi connectivity index (χ0v) is 11.8. The van der Waals surface area contributed by atoms with E-state index in [0.717, 1.165) is 38.0 Å². The van der Waals surface area contributed by atoms with Gasteiger partial charge in [0.15, 0.2) is 0 Å². The van der Waals surface area contributed by atoms with E-state index in [1.807, 2.05) is 12.1 Å². The molecule has 0 aromatic heterocycles. The van der Waals surface area contributed by atoms with E-state index >= 15 is 0 Å². The molecule has 3 nitrogen and oxygen atoms in total. The second-order valence-corrected chi connectivity index (χ2v) is 6.14. The van der Waals surface area contributed by atoms with Crippen molar-refractivity contribution in [2.45, 2.75) is 38.1 Å². The monoisotopic (exact) mass is 258 g/mol. The fraction of sp³-hybridized carbons (Fsp3) is 0.562. The SMILES string of the molecule is CC(C)N1CCC2(CC1)CNC(=O)c1ccccc12. The highest BCUT2D eigenvalue weighted by molar-refractivity contribution is 5.97. The number of piperidine rings is 1. The summed E-state index contributed by atoms with van der Waals surface area (Å²) >= 11 is 0. The third-order valence-corrected chi connectivity index (χ3v) is 4.82. The third kappa shape index (κ3) is 2.06. The maximum atomic E-state index is 12.0. The van der Waals surface area contributed by atoms with Crippen LogP contribution in [0.25, 0.3) is 0 Å². The van der Waals surface area contributed by atoms with Gasteiger partial charge in [0.2, 0.25) is 0 Å². The summed E-state index contributed by atoms with van der Waals surface area (Å²) in [5.41, 5.74) is 2.31. The molecule has 102 valence electrons. The summed E-state index contributed by atoms with van der Waals surface area (Å²) < 4.78 is 0. The van der Waals surface area contributed by atoms with Crippen molar-refractivity contribution in [2.24, 2.45) is 0 Å². The second kappa shape index (κ2) is 4.64. The van der Waals surface area contributed by atoms with Crippen molar-refractivity contribution >= 4 is 5.91 Å². The Labute approximate surface area is 115 Å². The Kier molecular flexibility index (Phi) is 3.09. The molecule has 1 fully saturated rings. The van der Waals surface area contributed by atoms with Crippen LogP contribution in [0.3, 0.4) is 0 Å². The molecule has 3 heteroatoms. The molecule has 0 unspecified atom stereocenters. The molecule has 1 aromatic rings. The van der Waals surface area contributed by atoms with Gasteiger partial charge in [0, 0.05) is 23.6 Å². The maximum Gasteiger partial charge on any atom is 0.251 e. The van der Waals surface area contributed by atoms with Crippen LogP contribution in [0, 0.1) is 0 Å². The van der Waals surface area contributed by atoms with Crippen LogP contribution in [0.4, 0.5) is 0 Å². The third-order valence-electron chi connectivity index (χ3n) is 4.82. The Bertz CT molecular complexity index is 487. The number of hydrogen-bond acceptors (Lipinski definition) is 2. The quantitative estimate of drug-likeness (QED) is 0.837. The first-order valence-electron chi connectivity index (χ1n) is 7.24. The predicted molar refractivity (Wildman–Crippen MR) is 76.4 cm³/mol. The summed E-state index contributed by atoms with van der Waals surface area (Å²) in [5.74, 6) is 0.0903. The van der Waals surface area contributed by atoms with Crippen molar-refractivity contribution in [3.63, 3.8) is 0 Å². The first-order chi connectivity index (χ1) is 9.12. The number of likely N-dealkylation sites (tertiary alicyclic amines) is 1. The van der Waals surface area contributed by atoms with Gasteiger partial charge in [-0.05, 0) is 51.4 Å². The lowest BCUT2D eigenvalue weighted by atomic mass is 9.69. The minimum Gasteiger partial charge on any atom is -0.351 e. The van der Waals surface area contributed by atoms with Crippen LogP contribution in [0.5, 0.6) is 0 Å². The molecule has 1 amide bonds. The number of amides is 1. The number of carbonyl (C=O) groups is 1. The average Bonchev–Trinajstić information content (AvgIpc) is 2.44. The van der Waals surface area contributed by atoms with E-state index in [2.05, 4.69) is 36.2 Å². The number of carbonyl (C=O) groups excluding carboxylic acids is 1. The molecule has 19 heavy (non-hydrogen) atoms. The Hall–Kier alpha value is -1.35. The molecule has 1 spiro atoms. The largest absolute Gasteiger partial charge is 0.351 e. The summed E-state index contributed by atoms with van der Waals surface area (Å²) in [6.07, 6.45) is 2.28. The topological polar surface area (TPSA) is 32.3 Å². The molecule has 0 aliphatic carbocycles. The van der Waals surface area contributed by atoms with Gasteiger partial charge in [-0.25, -0.2) is 0 Å². The van der Waals surface area contributed by atoms with E-state index < -0.39 is 0 Å². The fourth-order valence-corrected chi connectivity index (χ4v) is 3.50. The van der Waals surface area contributed by atoms with Crippen LogP contribution in [0.2, 0.25) is 0 Å². The number of rotatable bonds is 1. The van der Waals surface area contributed by atoms with Crippen molar-refractivity contribution in [1.82, 2.24) is 10.2 Å². The van der Waals surface area contributed by atoms with E-state index in [1.165, 1.54) is 5.56 Å². The highest BCUT2D eigenvalue weighted by atomic mass is 16.1. The normalized spacial score (nSPS) is 22.4. The van der Waals surface area contributed by atoms with E-state index in [-0.39, 0.29) is 11.3 Å². The van der Waals surface area contributed by atoms with Crippen molar-refractivity contribution in [1.29, 1.82) is 0 Å². The van der Waals surface area contributed by atoms with E-state index in [1.54, 1.807) is 0 Å². The van der Waals surface area contributed by atoms with Gasteiger partial charge in [-0.1, -0.05) is 18.2 Å². The van der Waals surface area contributed by atoms with Crippen molar-refractivity contribution in [3.8, 4) is 0 Å². The Balaban J connectivity index is 1.91. The molecule has 2 aliphatic rings. The molecule has 2 heterocycles. The summed E-state index contributed by atoms with van der Waals surface area (Å²) in [5, 5.41) is 3.09. The van der Waals surface area contributed by atoms with Crippen LogP contribution in [-0.4, -0.2) is 36.5 Å². The van der Waals surface area contributed by atoms with Crippen LogP contribution >= 0.6 is 0 Å². The van der Waals surface area contributed by atoms with Crippen molar-refractivity contribution in [3.05, 3.63) is 35.4 Å². The molecule has 0 saturated carbocycles. The average molecular weight is 258 g/mol. The molecule has 0 bridgehead atoms. The van der Waals surface area contributed by atoms with Crippen LogP contribution < -0.4 is 5.32 Å². The number of benzene rings is 1. The fourth-order valence-electron chi connectivity index (χ4n) is 3.50. The molecule has 0 radical (unpaired) electrons. The first kappa shape index (κ1) is 12.7. The van der Waals surface area contributed by atoms with E-state index in [4.69, 9.17) is 0 Å². The summed E-state index contributed by atoms with van der Waals surface area (Å²) in [6.45, 7) is 7.57. The smallest absolute Gasteiger partial charge is 0.251 e. The molecular formula is C16H22N2O. The lowest BCUT2D eigenvalue weighted by Crippen LogP contribution is -2.53. The molecule has 1 N–H and O–H groups in total. The number of fused-ring (bicyclic) bond motifs is 2. The highest BCUT2D eigenvalue weighted by Gasteiger charge is 2.41. The van der Waals surface area contributed by atoms with Gasteiger partial charge in [0.05, 0.1) is 0 Å². The van der Waals surface area contributed by atoms with E-state index in [0.29, 0.717) is 6.04 Å². The minimum atomic E-state index is 0.0903. The number of hydrogen-bond donors (Lipinski definition) is 1.